The van der Waals surface area contributed by atoms with Gasteiger partial charge in [0.2, 0.25) is 11.8 Å². The summed E-state index contributed by atoms with van der Waals surface area (Å²) in [7, 11) is 1.96. The van der Waals surface area contributed by atoms with Crippen molar-refractivity contribution in [1.29, 1.82) is 0 Å². The van der Waals surface area contributed by atoms with Crippen molar-refractivity contribution >= 4 is 33.3 Å². The molecule has 41 heavy (non-hydrogen) atoms. The Labute approximate surface area is 241 Å². The summed E-state index contributed by atoms with van der Waals surface area (Å²) in [6.45, 7) is 4.23. The van der Waals surface area contributed by atoms with E-state index in [-0.39, 0.29) is 0 Å². The number of aromatic nitrogens is 5. The summed E-state index contributed by atoms with van der Waals surface area (Å²) in [6.07, 6.45) is 5.17. The lowest BCUT2D eigenvalue weighted by molar-refractivity contribution is 0.122. The Balaban J connectivity index is 1.26. The number of thiophene rings is 1. The summed E-state index contributed by atoms with van der Waals surface area (Å²) < 4.78 is 12.5. The number of fused-ring (bicyclic) bond motifs is 1. The van der Waals surface area contributed by atoms with Crippen LogP contribution >= 0.6 is 11.3 Å². The number of hydrogen-bond donors (Lipinski definition) is 2. The van der Waals surface area contributed by atoms with Gasteiger partial charge in [-0.05, 0) is 17.7 Å². The number of morpholine rings is 1. The Morgan fingerprint density at radius 1 is 1.00 bits per heavy atom. The van der Waals surface area contributed by atoms with E-state index in [1.807, 2.05) is 54.4 Å². The molecule has 12 heteroatoms. The van der Waals surface area contributed by atoms with Crippen molar-refractivity contribution in [2.75, 3.05) is 43.2 Å². The molecule has 0 atom stereocenters. The first-order valence-electron chi connectivity index (χ1n) is 13.3. The number of nitrogens with one attached hydrogen (secondary N) is 1. The first-order valence-corrected chi connectivity index (χ1v) is 14.1. The van der Waals surface area contributed by atoms with Gasteiger partial charge in [-0.15, -0.1) is 11.3 Å². The average molecular weight is 571 g/mol. The van der Waals surface area contributed by atoms with Crippen LogP contribution in [0.25, 0.3) is 21.6 Å². The van der Waals surface area contributed by atoms with Gasteiger partial charge in [0.05, 0.1) is 30.0 Å². The van der Waals surface area contributed by atoms with E-state index in [0.29, 0.717) is 50.6 Å². The second-order valence-electron chi connectivity index (χ2n) is 9.64. The molecule has 0 unspecified atom stereocenters. The largest absolute Gasteiger partial charge is 0.473 e. The summed E-state index contributed by atoms with van der Waals surface area (Å²) in [5.41, 5.74) is 5.72. The molecular weight excluding hydrogens is 540 g/mol. The van der Waals surface area contributed by atoms with Crippen LogP contribution in [-0.2, 0) is 24.4 Å². The molecule has 2 N–H and O–H groups in total. The molecule has 11 nitrogen and oxygen atoms in total. The van der Waals surface area contributed by atoms with E-state index >= 15 is 0 Å². The predicted molar refractivity (Wildman–Crippen MR) is 157 cm³/mol. The molecule has 4 aromatic heterocycles. The molecule has 0 amide bonds. The highest BCUT2D eigenvalue weighted by atomic mass is 32.1. The molecule has 0 radical (unpaired) electrons. The molecule has 0 saturated carbocycles. The van der Waals surface area contributed by atoms with Crippen LogP contribution in [0.1, 0.15) is 16.0 Å². The summed E-state index contributed by atoms with van der Waals surface area (Å²) in [5.74, 6) is 2.68. The Kier molecular flexibility index (Phi) is 8.23. The zero-order valence-corrected chi connectivity index (χ0v) is 23.4. The first-order chi connectivity index (χ1) is 20.2. The van der Waals surface area contributed by atoms with E-state index in [1.54, 1.807) is 29.9 Å². The van der Waals surface area contributed by atoms with Crippen LogP contribution in [-0.4, -0.2) is 63.5 Å². The second-order valence-corrected chi connectivity index (χ2v) is 10.8. The number of pyridine rings is 1. The van der Waals surface area contributed by atoms with Gasteiger partial charge in [-0.25, -0.2) is 30.4 Å². The minimum Gasteiger partial charge on any atom is -0.473 e. The molecule has 1 aliphatic rings. The number of hydroxylamine groups is 1. The zero-order valence-electron chi connectivity index (χ0n) is 22.6. The lowest BCUT2D eigenvalue weighted by Crippen LogP contribution is -2.36. The van der Waals surface area contributed by atoms with Crippen molar-refractivity contribution in [3.8, 4) is 17.3 Å². The maximum Gasteiger partial charge on any atom is 0.225 e. The molecule has 5 heterocycles. The number of benzene rings is 1. The van der Waals surface area contributed by atoms with Crippen LogP contribution in [0, 0.1) is 0 Å². The third kappa shape index (κ3) is 6.41. The van der Waals surface area contributed by atoms with Crippen LogP contribution in [0.15, 0.2) is 67.1 Å². The van der Waals surface area contributed by atoms with E-state index in [2.05, 4.69) is 31.4 Å². The highest BCUT2D eigenvalue weighted by molar-refractivity contribution is 7.19. The van der Waals surface area contributed by atoms with Crippen molar-refractivity contribution in [1.82, 2.24) is 30.4 Å². The van der Waals surface area contributed by atoms with Crippen molar-refractivity contribution < 1.29 is 14.7 Å². The van der Waals surface area contributed by atoms with E-state index in [9.17, 15) is 0 Å². The Morgan fingerprint density at radius 3 is 2.54 bits per heavy atom. The number of hydrogen-bond acceptors (Lipinski definition) is 12. The fraction of sp³-hybridized carbons (Fsp3) is 0.276. The van der Waals surface area contributed by atoms with Gasteiger partial charge in [0.25, 0.3) is 0 Å². The van der Waals surface area contributed by atoms with E-state index in [4.69, 9.17) is 24.6 Å². The summed E-state index contributed by atoms with van der Waals surface area (Å²) >= 11 is 1.68. The average Bonchev–Trinajstić information content (AvgIpc) is 3.43. The number of anilines is 2. The maximum atomic E-state index is 8.90. The lowest BCUT2D eigenvalue weighted by Gasteiger charge is -2.28. The lowest BCUT2D eigenvalue weighted by atomic mass is 10.2. The number of nitrogens with zero attached hydrogens (tertiary/aromatic N) is 7. The van der Waals surface area contributed by atoms with Crippen LogP contribution in [0.3, 0.4) is 0 Å². The van der Waals surface area contributed by atoms with E-state index in [1.165, 1.54) is 0 Å². The molecule has 210 valence electrons. The molecule has 5 aromatic rings. The van der Waals surface area contributed by atoms with Gasteiger partial charge in [-0.3, -0.25) is 0 Å². The van der Waals surface area contributed by atoms with E-state index < -0.39 is 0 Å². The Hall–Kier alpha value is -4.23. The molecular formula is C29H30N8O3S. The van der Waals surface area contributed by atoms with Crippen LogP contribution < -0.4 is 20.0 Å². The third-order valence-corrected chi connectivity index (χ3v) is 7.75. The van der Waals surface area contributed by atoms with E-state index in [0.717, 1.165) is 50.7 Å². The topological polar surface area (TPSA) is 122 Å². The van der Waals surface area contributed by atoms with Crippen LogP contribution in [0.5, 0.6) is 5.88 Å². The maximum absolute atomic E-state index is 8.90. The number of rotatable bonds is 10. The fourth-order valence-corrected chi connectivity index (χ4v) is 5.69. The van der Waals surface area contributed by atoms with Crippen LogP contribution in [0.2, 0.25) is 0 Å². The van der Waals surface area contributed by atoms with Gasteiger partial charge in [0.15, 0.2) is 11.6 Å². The summed E-state index contributed by atoms with van der Waals surface area (Å²) in [5, 5.41) is 8.90. The molecule has 0 bridgehead atoms. The van der Waals surface area contributed by atoms with Crippen molar-refractivity contribution in [3.05, 3.63) is 83.1 Å². The van der Waals surface area contributed by atoms with Gasteiger partial charge in [-0.1, -0.05) is 30.3 Å². The molecule has 0 spiro atoms. The molecule has 1 aromatic carbocycles. The third-order valence-electron chi connectivity index (χ3n) is 6.65. The smallest absolute Gasteiger partial charge is 0.225 e. The van der Waals surface area contributed by atoms with Gasteiger partial charge in [-0.2, -0.15) is 0 Å². The monoisotopic (exact) mass is 570 g/mol. The van der Waals surface area contributed by atoms with Crippen LogP contribution in [0.4, 0.5) is 11.8 Å². The SMILES string of the molecule is CN(Cc1cc2nc(-c3ccc(OCc4ccccc4)nc3)nc(N3CCOCC3)c2s1)c1ncc(CNO)cn1. The molecule has 0 aliphatic carbocycles. The molecule has 6 rings (SSSR count). The van der Waals surface area contributed by atoms with Crippen molar-refractivity contribution in [2.45, 2.75) is 19.7 Å². The highest BCUT2D eigenvalue weighted by Crippen LogP contribution is 2.35. The highest BCUT2D eigenvalue weighted by Gasteiger charge is 2.21. The Bertz CT molecular complexity index is 1580. The molecule has 1 saturated heterocycles. The minimum atomic E-state index is 0.296. The second kappa shape index (κ2) is 12.5. The van der Waals surface area contributed by atoms with Gasteiger partial charge < -0.3 is 24.5 Å². The van der Waals surface area contributed by atoms with Gasteiger partial charge in [0.1, 0.15) is 6.61 Å². The minimum absolute atomic E-state index is 0.296. The van der Waals surface area contributed by atoms with Gasteiger partial charge in [0, 0.05) is 67.3 Å². The normalized spacial score (nSPS) is 13.5. The van der Waals surface area contributed by atoms with Gasteiger partial charge >= 0.3 is 0 Å². The summed E-state index contributed by atoms with van der Waals surface area (Å²) in [6, 6.07) is 15.9. The fourth-order valence-electron chi connectivity index (χ4n) is 4.52. The van der Waals surface area contributed by atoms with Crippen molar-refractivity contribution in [3.63, 3.8) is 0 Å². The van der Waals surface area contributed by atoms with Crippen molar-refractivity contribution in [2.24, 2.45) is 0 Å². The number of ether oxygens (including phenoxy) is 2. The zero-order chi connectivity index (χ0) is 28.0. The molecule has 1 aliphatic heterocycles. The summed E-state index contributed by atoms with van der Waals surface area (Å²) in [4.78, 5) is 28.7. The predicted octanol–water partition coefficient (Wildman–Crippen LogP) is 4.07. The Morgan fingerprint density at radius 2 is 1.80 bits per heavy atom. The quantitative estimate of drug-likeness (QED) is 0.236. The standard InChI is InChI=1S/C29H30N8O3S/c1-36(29-31-14-21(15-32-29)16-33-38)18-23-13-24-26(41-23)28(37-9-11-39-12-10-37)35-27(34-24)22-7-8-25(30-17-22)40-19-20-5-3-2-4-6-20/h2-8,13-15,17,33,38H,9-12,16,18-19H2,1H3. The first kappa shape index (κ1) is 27.0. The molecule has 1 fully saturated rings.